The van der Waals surface area contributed by atoms with E-state index in [1.54, 1.807) is 0 Å². The maximum atomic E-state index is 11.9. The summed E-state index contributed by atoms with van der Waals surface area (Å²) in [6.07, 6.45) is 7.87. The van der Waals surface area contributed by atoms with Crippen LogP contribution in [0.1, 0.15) is 50.2 Å². The first-order valence-electron chi connectivity index (χ1n) is 9.31. The van der Waals surface area contributed by atoms with E-state index in [4.69, 9.17) is 9.47 Å². The fraction of sp³-hybridized carbons (Fsp3) is 0.600. The molecule has 0 saturated heterocycles. The van der Waals surface area contributed by atoms with Crippen molar-refractivity contribution in [3.05, 3.63) is 29.3 Å². The van der Waals surface area contributed by atoms with Gasteiger partial charge < -0.3 is 14.8 Å². The Hall–Kier alpha value is -2.04. The molecular formula is C20H27NO4. The lowest BCUT2D eigenvalue weighted by Crippen LogP contribution is -2.43. The Kier molecular flexibility index (Phi) is 5.95. The van der Waals surface area contributed by atoms with Crippen LogP contribution in [0.2, 0.25) is 0 Å². The molecule has 1 N–H and O–H groups in total. The average Bonchev–Trinajstić information content (AvgIpc) is 3.08. The number of hydrogen-bond acceptors (Lipinski definition) is 4. The Balaban J connectivity index is 1.37. The lowest BCUT2D eigenvalue weighted by molar-refractivity contribution is -0.150. The number of benzene rings is 1. The molecule has 25 heavy (non-hydrogen) atoms. The van der Waals surface area contributed by atoms with Crippen LogP contribution < -0.4 is 10.1 Å². The van der Waals surface area contributed by atoms with Crippen molar-refractivity contribution >= 4 is 11.9 Å². The molecule has 5 nitrogen and oxygen atoms in total. The third kappa shape index (κ3) is 4.97. The van der Waals surface area contributed by atoms with E-state index >= 15 is 0 Å². The van der Waals surface area contributed by atoms with Crippen molar-refractivity contribution in [2.75, 3.05) is 13.2 Å². The van der Waals surface area contributed by atoms with E-state index in [1.165, 1.54) is 24.0 Å². The normalized spacial score (nSPS) is 22.1. The molecule has 2 atom stereocenters. The lowest BCUT2D eigenvalue weighted by atomic mass is 9.86. The summed E-state index contributed by atoms with van der Waals surface area (Å²) in [5.41, 5.74) is 2.66. The first kappa shape index (κ1) is 17.8. The van der Waals surface area contributed by atoms with Gasteiger partial charge in [-0.05, 0) is 61.3 Å². The summed E-state index contributed by atoms with van der Waals surface area (Å²) in [4.78, 5) is 23.7. The second kappa shape index (κ2) is 8.37. The van der Waals surface area contributed by atoms with E-state index in [9.17, 15) is 9.59 Å². The Morgan fingerprint density at radius 2 is 1.88 bits per heavy atom. The van der Waals surface area contributed by atoms with Crippen molar-refractivity contribution in [1.29, 1.82) is 0 Å². The standard InChI is InChI=1S/C20H27NO4/c1-14-5-2-3-8-18(14)21-19(22)12-25-20(23)13-24-17-10-9-15-6-4-7-16(15)11-17/h9-11,14,18H,2-8,12-13H2,1H3,(H,21,22)/t14-,18-/m0/s1. The van der Waals surface area contributed by atoms with Crippen molar-refractivity contribution in [2.45, 2.75) is 57.9 Å². The summed E-state index contributed by atoms with van der Waals surface area (Å²) in [6, 6.07) is 6.13. The van der Waals surface area contributed by atoms with Gasteiger partial charge in [0.15, 0.2) is 13.2 Å². The second-order valence-electron chi connectivity index (χ2n) is 7.17. The summed E-state index contributed by atoms with van der Waals surface area (Å²) < 4.78 is 10.5. The molecule has 0 unspecified atom stereocenters. The predicted octanol–water partition coefficient (Wildman–Crippen LogP) is 2.79. The zero-order chi connectivity index (χ0) is 17.6. The van der Waals surface area contributed by atoms with Crippen LogP contribution in [-0.2, 0) is 27.2 Å². The van der Waals surface area contributed by atoms with Crippen molar-refractivity contribution in [3.8, 4) is 5.75 Å². The third-order valence-corrected chi connectivity index (χ3v) is 5.25. The van der Waals surface area contributed by atoms with Gasteiger partial charge in [0.25, 0.3) is 5.91 Å². The fourth-order valence-electron chi connectivity index (χ4n) is 3.75. The number of rotatable bonds is 6. The minimum atomic E-state index is -0.521. The van der Waals surface area contributed by atoms with E-state index in [1.807, 2.05) is 12.1 Å². The van der Waals surface area contributed by atoms with Crippen molar-refractivity contribution in [3.63, 3.8) is 0 Å². The van der Waals surface area contributed by atoms with Gasteiger partial charge in [-0.3, -0.25) is 4.79 Å². The molecule has 1 amide bonds. The molecule has 2 aliphatic rings. The third-order valence-electron chi connectivity index (χ3n) is 5.25. The molecule has 0 aromatic heterocycles. The zero-order valence-corrected chi connectivity index (χ0v) is 14.9. The van der Waals surface area contributed by atoms with Crippen LogP contribution in [0.3, 0.4) is 0 Å². The Bertz CT molecular complexity index is 628. The highest BCUT2D eigenvalue weighted by Crippen LogP contribution is 2.26. The summed E-state index contributed by atoms with van der Waals surface area (Å²) in [5, 5.41) is 2.97. The summed E-state index contributed by atoms with van der Waals surface area (Å²) in [5.74, 6) is 0.409. The Morgan fingerprint density at radius 1 is 1.08 bits per heavy atom. The first-order chi connectivity index (χ1) is 12.1. The second-order valence-corrected chi connectivity index (χ2v) is 7.17. The largest absolute Gasteiger partial charge is 0.482 e. The highest BCUT2D eigenvalue weighted by Gasteiger charge is 2.23. The van der Waals surface area contributed by atoms with E-state index in [-0.39, 0.29) is 25.2 Å². The number of hydrogen-bond donors (Lipinski definition) is 1. The number of fused-ring (bicyclic) bond motifs is 1. The van der Waals surface area contributed by atoms with Crippen LogP contribution in [-0.4, -0.2) is 31.1 Å². The highest BCUT2D eigenvalue weighted by molar-refractivity contribution is 5.81. The SMILES string of the molecule is C[C@H]1CCCC[C@@H]1NC(=O)COC(=O)COc1ccc2c(c1)CCC2. The summed E-state index contributed by atoms with van der Waals surface area (Å²) >= 11 is 0. The molecule has 1 aromatic rings. The van der Waals surface area contributed by atoms with Gasteiger partial charge in [0.1, 0.15) is 5.75 Å². The minimum absolute atomic E-state index is 0.175. The molecule has 0 radical (unpaired) electrons. The number of amides is 1. The number of nitrogens with one attached hydrogen (secondary N) is 1. The van der Waals surface area contributed by atoms with Gasteiger partial charge >= 0.3 is 5.97 Å². The fourth-order valence-corrected chi connectivity index (χ4v) is 3.75. The molecule has 0 heterocycles. The number of ether oxygens (including phenoxy) is 2. The molecule has 2 aliphatic carbocycles. The Labute approximate surface area is 149 Å². The van der Waals surface area contributed by atoms with E-state index < -0.39 is 5.97 Å². The maximum absolute atomic E-state index is 11.9. The van der Waals surface area contributed by atoms with Gasteiger partial charge in [-0.25, -0.2) is 4.79 Å². The summed E-state index contributed by atoms with van der Waals surface area (Å²) in [7, 11) is 0. The highest BCUT2D eigenvalue weighted by atomic mass is 16.6. The van der Waals surface area contributed by atoms with E-state index in [0.29, 0.717) is 11.7 Å². The molecule has 1 aromatic carbocycles. The van der Waals surface area contributed by atoms with Gasteiger partial charge in [-0.1, -0.05) is 25.8 Å². The smallest absolute Gasteiger partial charge is 0.344 e. The van der Waals surface area contributed by atoms with Crippen molar-refractivity contribution in [2.24, 2.45) is 5.92 Å². The van der Waals surface area contributed by atoms with Crippen LogP contribution in [0.5, 0.6) is 5.75 Å². The lowest BCUT2D eigenvalue weighted by Gasteiger charge is -2.29. The minimum Gasteiger partial charge on any atom is -0.482 e. The molecule has 136 valence electrons. The van der Waals surface area contributed by atoms with Gasteiger partial charge in [-0.15, -0.1) is 0 Å². The molecule has 1 saturated carbocycles. The van der Waals surface area contributed by atoms with Gasteiger partial charge in [-0.2, -0.15) is 0 Å². The van der Waals surface area contributed by atoms with Crippen molar-refractivity contribution in [1.82, 2.24) is 5.32 Å². The zero-order valence-electron chi connectivity index (χ0n) is 14.9. The molecular weight excluding hydrogens is 318 g/mol. The predicted molar refractivity (Wildman–Crippen MR) is 94.5 cm³/mol. The molecule has 3 rings (SSSR count). The van der Waals surface area contributed by atoms with E-state index in [2.05, 4.69) is 18.3 Å². The van der Waals surface area contributed by atoms with Crippen LogP contribution in [0.4, 0.5) is 0 Å². The average molecular weight is 345 g/mol. The van der Waals surface area contributed by atoms with E-state index in [0.717, 1.165) is 32.1 Å². The number of aryl methyl sites for hydroxylation is 2. The quantitative estimate of drug-likeness (QED) is 0.805. The monoisotopic (exact) mass is 345 g/mol. The molecule has 0 spiro atoms. The molecule has 5 heteroatoms. The van der Waals surface area contributed by atoms with Crippen LogP contribution in [0.25, 0.3) is 0 Å². The van der Waals surface area contributed by atoms with Crippen molar-refractivity contribution < 1.29 is 19.1 Å². The van der Waals surface area contributed by atoms with Crippen LogP contribution in [0, 0.1) is 5.92 Å². The number of carbonyl (C=O) groups is 2. The number of carbonyl (C=O) groups excluding carboxylic acids is 2. The topological polar surface area (TPSA) is 64.6 Å². The van der Waals surface area contributed by atoms with Gasteiger partial charge in [0.2, 0.25) is 0 Å². The first-order valence-corrected chi connectivity index (χ1v) is 9.31. The molecule has 1 fully saturated rings. The van der Waals surface area contributed by atoms with Gasteiger partial charge in [0.05, 0.1) is 0 Å². The number of esters is 1. The molecule has 0 bridgehead atoms. The van der Waals surface area contributed by atoms with Crippen LogP contribution in [0.15, 0.2) is 18.2 Å². The Morgan fingerprint density at radius 3 is 2.72 bits per heavy atom. The maximum Gasteiger partial charge on any atom is 0.344 e. The van der Waals surface area contributed by atoms with Gasteiger partial charge in [0, 0.05) is 6.04 Å². The van der Waals surface area contributed by atoms with Crippen LogP contribution >= 0.6 is 0 Å². The summed E-state index contributed by atoms with van der Waals surface area (Å²) in [6.45, 7) is 1.74. The molecule has 0 aliphatic heterocycles.